The van der Waals surface area contributed by atoms with E-state index in [0.29, 0.717) is 6.10 Å². The maximum atomic E-state index is 5.58. The molecule has 1 atom stereocenters. The highest BCUT2D eigenvalue weighted by Gasteiger charge is 2.11. The van der Waals surface area contributed by atoms with Gasteiger partial charge in [0.25, 0.3) is 0 Å². The number of thiazole rings is 1. The SMILES string of the molecule is c1csc(CCNCC2CNCCO2)n1. The maximum absolute atomic E-state index is 5.58. The molecule has 5 heteroatoms. The fourth-order valence-electron chi connectivity index (χ4n) is 1.59. The number of hydrogen-bond acceptors (Lipinski definition) is 5. The predicted octanol–water partition coefficient (Wildman–Crippen LogP) is 0.264. The number of hydrogen-bond donors (Lipinski definition) is 2. The molecule has 0 radical (unpaired) electrons. The zero-order valence-corrected chi connectivity index (χ0v) is 9.55. The van der Waals surface area contributed by atoms with E-state index in [1.165, 1.54) is 5.01 Å². The van der Waals surface area contributed by atoms with E-state index >= 15 is 0 Å². The van der Waals surface area contributed by atoms with Gasteiger partial charge in [0.15, 0.2) is 0 Å². The average Bonchev–Trinajstić information content (AvgIpc) is 2.79. The monoisotopic (exact) mass is 227 g/mol. The van der Waals surface area contributed by atoms with Crippen LogP contribution in [0.4, 0.5) is 0 Å². The summed E-state index contributed by atoms with van der Waals surface area (Å²) in [7, 11) is 0. The highest BCUT2D eigenvalue weighted by atomic mass is 32.1. The van der Waals surface area contributed by atoms with Crippen LogP contribution in [-0.4, -0.2) is 43.9 Å². The molecular formula is C10H17N3OS. The van der Waals surface area contributed by atoms with Crippen LogP contribution in [0.15, 0.2) is 11.6 Å². The molecule has 0 spiro atoms. The molecule has 1 aromatic rings. The van der Waals surface area contributed by atoms with Crippen LogP contribution in [0.3, 0.4) is 0 Å². The zero-order valence-electron chi connectivity index (χ0n) is 8.74. The van der Waals surface area contributed by atoms with Gasteiger partial charge in [-0.3, -0.25) is 0 Å². The number of nitrogens with zero attached hydrogens (tertiary/aromatic N) is 1. The van der Waals surface area contributed by atoms with Gasteiger partial charge in [0.05, 0.1) is 17.7 Å². The molecule has 1 aromatic heterocycles. The van der Waals surface area contributed by atoms with Crippen molar-refractivity contribution >= 4 is 11.3 Å². The van der Waals surface area contributed by atoms with Gasteiger partial charge < -0.3 is 15.4 Å². The minimum absolute atomic E-state index is 0.329. The molecule has 0 saturated carbocycles. The van der Waals surface area contributed by atoms with Crippen molar-refractivity contribution in [1.82, 2.24) is 15.6 Å². The van der Waals surface area contributed by atoms with Crippen molar-refractivity contribution < 1.29 is 4.74 Å². The van der Waals surface area contributed by atoms with E-state index in [4.69, 9.17) is 4.74 Å². The molecule has 2 heterocycles. The first kappa shape index (κ1) is 11.0. The molecular weight excluding hydrogens is 210 g/mol. The average molecular weight is 227 g/mol. The molecule has 2 N–H and O–H groups in total. The summed E-state index contributed by atoms with van der Waals surface area (Å²) in [5.41, 5.74) is 0. The van der Waals surface area contributed by atoms with Crippen LogP contribution in [0.25, 0.3) is 0 Å². The maximum Gasteiger partial charge on any atom is 0.0937 e. The van der Waals surface area contributed by atoms with Crippen molar-refractivity contribution in [3.8, 4) is 0 Å². The molecule has 1 saturated heterocycles. The Morgan fingerprint density at radius 3 is 3.40 bits per heavy atom. The Balaban J connectivity index is 1.54. The van der Waals surface area contributed by atoms with Crippen molar-refractivity contribution in [3.05, 3.63) is 16.6 Å². The number of ether oxygens (including phenoxy) is 1. The van der Waals surface area contributed by atoms with Gasteiger partial charge in [0.1, 0.15) is 0 Å². The van der Waals surface area contributed by atoms with Crippen LogP contribution >= 0.6 is 11.3 Å². The summed E-state index contributed by atoms with van der Waals surface area (Å²) in [6, 6.07) is 0. The lowest BCUT2D eigenvalue weighted by Gasteiger charge is -2.23. The summed E-state index contributed by atoms with van der Waals surface area (Å²) >= 11 is 1.71. The summed E-state index contributed by atoms with van der Waals surface area (Å²) in [6.45, 7) is 4.68. The quantitative estimate of drug-likeness (QED) is 0.709. The fourth-order valence-corrected chi connectivity index (χ4v) is 2.21. The number of nitrogens with one attached hydrogen (secondary N) is 2. The van der Waals surface area contributed by atoms with Gasteiger partial charge in [0.2, 0.25) is 0 Å². The summed E-state index contributed by atoms with van der Waals surface area (Å²) in [5, 5.41) is 9.93. The normalized spacial score (nSPS) is 21.7. The molecule has 2 rings (SSSR count). The Kier molecular flexibility index (Phi) is 4.53. The molecule has 1 aliphatic rings. The molecule has 0 aliphatic carbocycles. The second-order valence-electron chi connectivity index (χ2n) is 3.58. The van der Waals surface area contributed by atoms with E-state index in [9.17, 15) is 0 Å². The molecule has 4 nitrogen and oxygen atoms in total. The van der Waals surface area contributed by atoms with Crippen molar-refractivity contribution in [2.24, 2.45) is 0 Å². The third-order valence-electron chi connectivity index (χ3n) is 2.38. The molecule has 15 heavy (non-hydrogen) atoms. The van der Waals surface area contributed by atoms with Gasteiger partial charge in [-0.25, -0.2) is 4.98 Å². The Morgan fingerprint density at radius 1 is 1.67 bits per heavy atom. The summed E-state index contributed by atoms with van der Waals surface area (Å²) in [6.07, 6.45) is 3.20. The van der Waals surface area contributed by atoms with Gasteiger partial charge in [-0.15, -0.1) is 11.3 Å². The molecule has 0 aromatic carbocycles. The lowest BCUT2D eigenvalue weighted by Crippen LogP contribution is -2.44. The number of morpholine rings is 1. The standard InChI is InChI=1S/C10H17N3OS/c1(10-13-4-6-15-10)2-11-7-9-8-12-3-5-14-9/h4,6,9,11-12H,1-3,5,7-8H2. The minimum Gasteiger partial charge on any atom is -0.374 e. The van der Waals surface area contributed by atoms with Crippen LogP contribution in [0.2, 0.25) is 0 Å². The van der Waals surface area contributed by atoms with Crippen molar-refractivity contribution in [1.29, 1.82) is 0 Å². The van der Waals surface area contributed by atoms with Crippen LogP contribution < -0.4 is 10.6 Å². The molecule has 0 amide bonds. The van der Waals surface area contributed by atoms with Crippen LogP contribution in [0.5, 0.6) is 0 Å². The third-order valence-corrected chi connectivity index (χ3v) is 3.21. The first-order chi connectivity index (χ1) is 7.45. The smallest absolute Gasteiger partial charge is 0.0937 e. The van der Waals surface area contributed by atoms with Crippen LogP contribution in [0.1, 0.15) is 5.01 Å². The largest absolute Gasteiger partial charge is 0.374 e. The topological polar surface area (TPSA) is 46.2 Å². The Labute approximate surface area is 94.1 Å². The zero-order chi connectivity index (χ0) is 10.3. The highest BCUT2D eigenvalue weighted by Crippen LogP contribution is 2.03. The highest BCUT2D eigenvalue weighted by molar-refractivity contribution is 7.09. The van der Waals surface area contributed by atoms with E-state index in [2.05, 4.69) is 15.6 Å². The second-order valence-corrected chi connectivity index (χ2v) is 4.56. The van der Waals surface area contributed by atoms with Crippen molar-refractivity contribution in [2.45, 2.75) is 12.5 Å². The molecule has 0 bridgehead atoms. The second kappa shape index (κ2) is 6.17. The molecule has 1 fully saturated rings. The number of rotatable bonds is 5. The van der Waals surface area contributed by atoms with E-state index in [1.54, 1.807) is 11.3 Å². The third kappa shape index (κ3) is 3.87. The minimum atomic E-state index is 0.329. The van der Waals surface area contributed by atoms with Crippen molar-refractivity contribution in [3.63, 3.8) is 0 Å². The summed E-state index contributed by atoms with van der Waals surface area (Å²) < 4.78 is 5.58. The lowest BCUT2D eigenvalue weighted by atomic mass is 10.3. The Morgan fingerprint density at radius 2 is 2.67 bits per heavy atom. The predicted molar refractivity (Wildman–Crippen MR) is 61.3 cm³/mol. The van der Waals surface area contributed by atoms with Gasteiger partial charge in [-0.2, -0.15) is 0 Å². The number of aromatic nitrogens is 1. The van der Waals surface area contributed by atoms with E-state index in [-0.39, 0.29) is 0 Å². The summed E-state index contributed by atoms with van der Waals surface area (Å²) in [5.74, 6) is 0. The first-order valence-corrected chi connectivity index (χ1v) is 6.24. The van der Waals surface area contributed by atoms with Gasteiger partial charge >= 0.3 is 0 Å². The molecule has 1 aliphatic heterocycles. The molecule has 84 valence electrons. The van der Waals surface area contributed by atoms with E-state index < -0.39 is 0 Å². The van der Waals surface area contributed by atoms with Crippen LogP contribution in [-0.2, 0) is 11.2 Å². The fraction of sp³-hybridized carbons (Fsp3) is 0.700. The van der Waals surface area contributed by atoms with E-state index in [0.717, 1.165) is 39.2 Å². The lowest BCUT2D eigenvalue weighted by molar-refractivity contribution is 0.0294. The Bertz CT molecular complexity index is 260. The first-order valence-electron chi connectivity index (χ1n) is 5.36. The Hall–Kier alpha value is -0.490. The molecule has 1 unspecified atom stereocenters. The van der Waals surface area contributed by atoms with Crippen LogP contribution in [0, 0.1) is 0 Å². The van der Waals surface area contributed by atoms with Gasteiger partial charge in [0, 0.05) is 44.2 Å². The van der Waals surface area contributed by atoms with Crippen molar-refractivity contribution in [2.75, 3.05) is 32.8 Å². The summed E-state index contributed by atoms with van der Waals surface area (Å²) in [4.78, 5) is 4.24. The van der Waals surface area contributed by atoms with E-state index in [1.807, 2.05) is 11.6 Å². The van der Waals surface area contributed by atoms with Gasteiger partial charge in [-0.1, -0.05) is 0 Å². The van der Waals surface area contributed by atoms with Gasteiger partial charge in [-0.05, 0) is 0 Å².